The van der Waals surface area contributed by atoms with E-state index in [1.54, 1.807) is 31.6 Å². The number of likely N-dealkylation sites (tertiary alicyclic amines) is 1. The Labute approximate surface area is 198 Å². The monoisotopic (exact) mass is 454 g/mol. The van der Waals surface area contributed by atoms with Crippen molar-refractivity contribution in [2.24, 2.45) is 5.92 Å². The molecular weight excluding hydrogens is 428 g/mol. The quantitative estimate of drug-likeness (QED) is 0.434. The highest BCUT2D eigenvalue weighted by Crippen LogP contribution is 2.36. The van der Waals surface area contributed by atoms with Crippen molar-refractivity contribution in [2.45, 2.75) is 12.8 Å². The van der Waals surface area contributed by atoms with Crippen LogP contribution in [-0.4, -0.2) is 58.1 Å². The third-order valence-corrected chi connectivity index (χ3v) is 6.21. The lowest BCUT2D eigenvalue weighted by molar-refractivity contribution is 0.143. The number of aromatic nitrogens is 4. The lowest BCUT2D eigenvalue weighted by Gasteiger charge is -2.29. The Morgan fingerprint density at radius 2 is 1.94 bits per heavy atom. The molecule has 0 N–H and O–H groups in total. The minimum absolute atomic E-state index is 0.461. The first-order valence-corrected chi connectivity index (χ1v) is 11.4. The Hall–Kier alpha value is -3.96. The fourth-order valence-electron chi connectivity index (χ4n) is 4.48. The number of benzene rings is 1. The van der Waals surface area contributed by atoms with Gasteiger partial charge in [-0.25, -0.2) is 9.97 Å². The third-order valence-electron chi connectivity index (χ3n) is 6.21. The zero-order valence-electron chi connectivity index (χ0n) is 19.3. The Morgan fingerprint density at radius 3 is 2.65 bits per heavy atom. The highest BCUT2D eigenvalue weighted by molar-refractivity contribution is 5.90. The van der Waals surface area contributed by atoms with E-state index in [1.165, 1.54) is 6.42 Å². The molecule has 1 aliphatic heterocycles. The standard InChI is InChI=1S/C26H26N6O2/c1-31-12-3-4-19(16-31)17-34-26-30-24(20-7-5-18(14-27)6-8-20)23(25-28-11-13-32(25)26)21-9-10-22(33-2)29-15-21/h5-11,13,15,19H,3-4,12,16-17H2,1-2H3/t19-/m1/s1. The molecule has 5 rings (SSSR count). The number of nitrogens with zero attached hydrogens (tertiary/aromatic N) is 6. The first-order valence-electron chi connectivity index (χ1n) is 11.4. The average Bonchev–Trinajstić information content (AvgIpc) is 3.37. The van der Waals surface area contributed by atoms with Crippen LogP contribution >= 0.6 is 0 Å². The Balaban J connectivity index is 1.61. The normalized spacial score (nSPS) is 16.3. The molecule has 4 heterocycles. The predicted octanol–water partition coefficient (Wildman–Crippen LogP) is 4.06. The first kappa shape index (κ1) is 21.9. The van der Waals surface area contributed by atoms with E-state index in [0.717, 1.165) is 47.5 Å². The second kappa shape index (κ2) is 9.49. The fraction of sp³-hybridized carbons (Fsp3) is 0.308. The Kier molecular flexibility index (Phi) is 6.11. The highest BCUT2D eigenvalue weighted by Gasteiger charge is 2.22. The summed E-state index contributed by atoms with van der Waals surface area (Å²) in [5.74, 6) is 0.997. The van der Waals surface area contributed by atoms with Crippen molar-refractivity contribution in [3.63, 3.8) is 0 Å². The van der Waals surface area contributed by atoms with Crippen molar-refractivity contribution in [3.8, 4) is 40.3 Å². The summed E-state index contributed by atoms with van der Waals surface area (Å²) >= 11 is 0. The SMILES string of the molecule is COc1ccc(-c2c(-c3ccc(C#N)cc3)nc(OC[C@@H]3CCCN(C)C3)n3ccnc23)cn1. The molecule has 0 bridgehead atoms. The largest absolute Gasteiger partial charge is 0.481 e. The van der Waals surface area contributed by atoms with Crippen molar-refractivity contribution >= 4 is 5.65 Å². The number of hydrogen-bond donors (Lipinski definition) is 0. The van der Waals surface area contributed by atoms with Crippen molar-refractivity contribution in [1.29, 1.82) is 5.26 Å². The van der Waals surface area contributed by atoms with Crippen molar-refractivity contribution < 1.29 is 9.47 Å². The van der Waals surface area contributed by atoms with Crippen LogP contribution in [0.3, 0.4) is 0 Å². The number of imidazole rings is 1. The van der Waals surface area contributed by atoms with Crippen LogP contribution in [-0.2, 0) is 0 Å². The van der Waals surface area contributed by atoms with E-state index in [1.807, 2.05) is 34.9 Å². The van der Waals surface area contributed by atoms with Gasteiger partial charge in [0, 0.05) is 48.2 Å². The van der Waals surface area contributed by atoms with Gasteiger partial charge in [-0.1, -0.05) is 12.1 Å². The molecule has 8 nitrogen and oxygen atoms in total. The molecule has 1 saturated heterocycles. The van der Waals surface area contributed by atoms with Gasteiger partial charge < -0.3 is 14.4 Å². The van der Waals surface area contributed by atoms with Gasteiger partial charge in [-0.2, -0.15) is 10.2 Å². The maximum Gasteiger partial charge on any atom is 0.302 e. The number of fused-ring (bicyclic) bond motifs is 1. The molecule has 172 valence electrons. The van der Waals surface area contributed by atoms with E-state index in [2.05, 4.69) is 28.0 Å². The Morgan fingerprint density at radius 1 is 1.12 bits per heavy atom. The molecule has 0 amide bonds. The number of pyridine rings is 1. The molecule has 1 aromatic carbocycles. The van der Waals surface area contributed by atoms with Gasteiger partial charge in [0.25, 0.3) is 0 Å². The van der Waals surface area contributed by atoms with E-state index in [4.69, 9.17) is 14.5 Å². The Bertz CT molecular complexity index is 1320. The van der Waals surface area contributed by atoms with Gasteiger partial charge >= 0.3 is 6.01 Å². The van der Waals surface area contributed by atoms with Crippen LogP contribution in [0.25, 0.3) is 28.0 Å². The van der Waals surface area contributed by atoms with Crippen LogP contribution < -0.4 is 9.47 Å². The maximum absolute atomic E-state index is 9.23. The second-order valence-corrected chi connectivity index (χ2v) is 8.60. The summed E-state index contributed by atoms with van der Waals surface area (Å²) < 4.78 is 13.4. The van der Waals surface area contributed by atoms with E-state index in [0.29, 0.717) is 30.0 Å². The van der Waals surface area contributed by atoms with Gasteiger partial charge in [-0.05, 0) is 44.6 Å². The number of nitriles is 1. The predicted molar refractivity (Wildman–Crippen MR) is 129 cm³/mol. The van der Waals surface area contributed by atoms with Gasteiger partial charge in [0.05, 0.1) is 36.6 Å². The summed E-state index contributed by atoms with van der Waals surface area (Å²) in [7, 11) is 3.74. The van der Waals surface area contributed by atoms with Crippen molar-refractivity contribution in [2.75, 3.05) is 33.9 Å². The van der Waals surface area contributed by atoms with Crippen LogP contribution in [0.1, 0.15) is 18.4 Å². The molecule has 0 radical (unpaired) electrons. The molecule has 0 spiro atoms. The van der Waals surface area contributed by atoms with Crippen molar-refractivity contribution in [3.05, 3.63) is 60.6 Å². The third kappa shape index (κ3) is 4.30. The zero-order valence-corrected chi connectivity index (χ0v) is 19.3. The van der Waals surface area contributed by atoms with Crippen LogP contribution in [0.2, 0.25) is 0 Å². The first-order chi connectivity index (χ1) is 16.7. The molecule has 1 fully saturated rings. The van der Waals surface area contributed by atoms with E-state index in [9.17, 15) is 5.26 Å². The van der Waals surface area contributed by atoms with Crippen LogP contribution in [0.5, 0.6) is 11.9 Å². The lowest BCUT2D eigenvalue weighted by atomic mass is 9.99. The molecule has 8 heteroatoms. The molecule has 1 atom stereocenters. The molecule has 4 aromatic rings. The molecule has 34 heavy (non-hydrogen) atoms. The summed E-state index contributed by atoms with van der Waals surface area (Å²) in [6.07, 6.45) is 7.71. The minimum Gasteiger partial charge on any atom is -0.481 e. The second-order valence-electron chi connectivity index (χ2n) is 8.60. The molecule has 1 aliphatic rings. The molecular formula is C26H26N6O2. The summed E-state index contributed by atoms with van der Waals surface area (Å²) in [6.45, 7) is 2.75. The van der Waals surface area contributed by atoms with Gasteiger partial charge in [0.15, 0.2) is 5.65 Å². The molecule has 0 aliphatic carbocycles. The van der Waals surface area contributed by atoms with Crippen molar-refractivity contribution in [1.82, 2.24) is 24.3 Å². The van der Waals surface area contributed by atoms with E-state index in [-0.39, 0.29) is 0 Å². The summed E-state index contributed by atoms with van der Waals surface area (Å²) in [5, 5.41) is 9.23. The number of ether oxygens (including phenoxy) is 2. The summed E-state index contributed by atoms with van der Waals surface area (Å²) in [6, 6.07) is 13.8. The smallest absolute Gasteiger partial charge is 0.302 e. The van der Waals surface area contributed by atoms with Crippen LogP contribution in [0, 0.1) is 17.2 Å². The lowest BCUT2D eigenvalue weighted by Crippen LogP contribution is -2.35. The average molecular weight is 455 g/mol. The maximum atomic E-state index is 9.23. The molecule has 3 aromatic heterocycles. The minimum atomic E-state index is 0.461. The summed E-state index contributed by atoms with van der Waals surface area (Å²) in [5.41, 5.74) is 4.63. The molecule has 0 saturated carbocycles. The zero-order chi connectivity index (χ0) is 23.5. The van der Waals surface area contributed by atoms with E-state index < -0.39 is 0 Å². The number of rotatable bonds is 6. The van der Waals surface area contributed by atoms with Gasteiger partial charge in [-0.3, -0.25) is 4.40 Å². The van der Waals surface area contributed by atoms with Crippen LogP contribution in [0.4, 0.5) is 0 Å². The number of piperidine rings is 1. The topological polar surface area (TPSA) is 88.6 Å². The van der Waals surface area contributed by atoms with Gasteiger partial charge in [0.2, 0.25) is 5.88 Å². The molecule has 0 unspecified atom stereocenters. The van der Waals surface area contributed by atoms with Crippen LogP contribution in [0.15, 0.2) is 55.0 Å². The fourth-order valence-corrected chi connectivity index (χ4v) is 4.48. The summed E-state index contributed by atoms with van der Waals surface area (Å²) in [4.78, 5) is 16.3. The van der Waals surface area contributed by atoms with E-state index >= 15 is 0 Å². The number of hydrogen-bond acceptors (Lipinski definition) is 7. The highest BCUT2D eigenvalue weighted by atomic mass is 16.5. The van der Waals surface area contributed by atoms with Gasteiger partial charge in [0.1, 0.15) is 0 Å². The van der Waals surface area contributed by atoms with Gasteiger partial charge in [-0.15, -0.1) is 0 Å². The number of methoxy groups -OCH3 is 1.